The van der Waals surface area contributed by atoms with Crippen LogP contribution in [0.2, 0.25) is 0 Å². The molecule has 9 heteroatoms. The minimum absolute atomic E-state index is 0.0219. The molecule has 0 aliphatic heterocycles. The van der Waals surface area contributed by atoms with Crippen LogP contribution in [0.15, 0.2) is 36.4 Å². The summed E-state index contributed by atoms with van der Waals surface area (Å²) in [6.07, 6.45) is 5.14. The van der Waals surface area contributed by atoms with Gasteiger partial charge in [0.1, 0.15) is 5.69 Å². The zero-order chi connectivity index (χ0) is 21.8. The fraction of sp³-hybridized carbons (Fsp3) is 0.381. The van der Waals surface area contributed by atoms with Crippen LogP contribution < -0.4 is 10.5 Å². The van der Waals surface area contributed by atoms with Crippen LogP contribution in [-0.4, -0.2) is 38.0 Å². The zero-order valence-corrected chi connectivity index (χ0v) is 17.0. The number of aryl methyl sites for hydroxylation is 1. The second-order valence-corrected chi connectivity index (χ2v) is 7.47. The molecule has 1 amide bonds. The van der Waals surface area contributed by atoms with Crippen molar-refractivity contribution in [2.24, 2.45) is 0 Å². The summed E-state index contributed by atoms with van der Waals surface area (Å²) in [4.78, 5) is 22.6. The third-order valence-corrected chi connectivity index (χ3v) is 5.31. The monoisotopic (exact) mass is 414 g/mol. The molecule has 1 aromatic heterocycles. The predicted molar refractivity (Wildman–Crippen MR) is 109 cm³/mol. The molecule has 4 N–H and O–H groups in total. The van der Waals surface area contributed by atoms with E-state index in [9.17, 15) is 20.0 Å². The third-order valence-electron chi connectivity index (χ3n) is 5.31. The van der Waals surface area contributed by atoms with Gasteiger partial charge in [-0.25, -0.2) is 9.89 Å². The first-order valence-electron chi connectivity index (χ1n) is 9.86. The summed E-state index contributed by atoms with van der Waals surface area (Å²) < 4.78 is 1.67. The average Bonchev–Trinajstić information content (AvgIpc) is 3.24. The van der Waals surface area contributed by atoms with Crippen LogP contribution in [-0.2, 0) is 9.59 Å². The number of quaternary nitrogens is 1. The Hall–Kier alpha value is -3.01. The summed E-state index contributed by atoms with van der Waals surface area (Å²) in [5.41, 5.74) is 3.40. The highest BCUT2D eigenvalue weighted by Crippen LogP contribution is 2.34. The van der Waals surface area contributed by atoms with Crippen LogP contribution in [0, 0.1) is 19.1 Å². The van der Waals surface area contributed by atoms with E-state index in [1.54, 1.807) is 28.9 Å². The highest BCUT2D eigenvalue weighted by atomic mass is 16.8. The molecule has 3 atom stereocenters. The van der Waals surface area contributed by atoms with Gasteiger partial charge in [-0.2, -0.15) is 10.3 Å². The highest BCUT2D eigenvalue weighted by Gasteiger charge is 2.27. The summed E-state index contributed by atoms with van der Waals surface area (Å²) in [6.45, 7) is 3.81. The summed E-state index contributed by atoms with van der Waals surface area (Å²) in [5.74, 6) is -1.01. The Balaban J connectivity index is 1.72. The number of allylic oxidation sites excluding steroid dienone is 1. The number of aromatic nitrogens is 2. The SMILES string of the molecule is Cc1nn(-c2ccccc2[NH+]([O-])O)c(C)c1[C@H]1C=C[C@@H](NC(=O)CCCC(=O)O)C1. The van der Waals surface area contributed by atoms with Gasteiger partial charge in [0, 0.05) is 42.1 Å². The highest BCUT2D eigenvalue weighted by molar-refractivity contribution is 5.77. The van der Waals surface area contributed by atoms with Crippen molar-refractivity contribution in [3.05, 3.63) is 58.6 Å². The van der Waals surface area contributed by atoms with Crippen molar-refractivity contribution in [1.82, 2.24) is 15.1 Å². The van der Waals surface area contributed by atoms with Crippen LogP contribution in [0.4, 0.5) is 5.69 Å². The lowest BCUT2D eigenvalue weighted by molar-refractivity contribution is -0.991. The number of aliphatic carboxylic acids is 1. The number of rotatable bonds is 8. The summed E-state index contributed by atoms with van der Waals surface area (Å²) in [5, 5.41) is 36.3. The maximum absolute atomic E-state index is 12.0. The number of hydrogen-bond donors (Lipinski definition) is 4. The maximum Gasteiger partial charge on any atom is 0.303 e. The number of nitrogens with zero attached hydrogens (tertiary/aromatic N) is 2. The smallest absolute Gasteiger partial charge is 0.303 e. The van der Waals surface area contributed by atoms with E-state index < -0.39 is 11.2 Å². The molecule has 0 saturated heterocycles. The first-order chi connectivity index (χ1) is 14.3. The van der Waals surface area contributed by atoms with Crippen molar-refractivity contribution in [3.63, 3.8) is 0 Å². The molecular weight excluding hydrogens is 388 g/mol. The molecule has 0 radical (unpaired) electrons. The minimum atomic E-state index is -1.01. The van der Waals surface area contributed by atoms with E-state index >= 15 is 0 Å². The molecule has 1 aromatic carbocycles. The van der Waals surface area contributed by atoms with E-state index in [2.05, 4.69) is 10.4 Å². The molecule has 0 bridgehead atoms. The molecule has 2 aromatic rings. The quantitative estimate of drug-likeness (QED) is 0.384. The Morgan fingerprint density at radius 2 is 2.00 bits per heavy atom. The number of hydrogen-bond acceptors (Lipinski definition) is 5. The van der Waals surface area contributed by atoms with Crippen LogP contribution >= 0.6 is 0 Å². The summed E-state index contributed by atoms with van der Waals surface area (Å²) in [7, 11) is 0. The molecule has 1 aliphatic carbocycles. The van der Waals surface area contributed by atoms with Crippen molar-refractivity contribution in [2.45, 2.75) is 51.5 Å². The van der Waals surface area contributed by atoms with E-state index in [4.69, 9.17) is 5.11 Å². The van der Waals surface area contributed by atoms with E-state index in [0.717, 1.165) is 17.0 Å². The molecule has 9 nitrogen and oxygen atoms in total. The van der Waals surface area contributed by atoms with Crippen molar-refractivity contribution < 1.29 is 25.1 Å². The van der Waals surface area contributed by atoms with Crippen LogP contribution in [0.25, 0.3) is 5.69 Å². The first kappa shape index (κ1) is 21.7. The molecular formula is C21H26N4O5. The average molecular weight is 414 g/mol. The van der Waals surface area contributed by atoms with Gasteiger partial charge in [0.15, 0.2) is 5.69 Å². The lowest BCUT2D eigenvalue weighted by atomic mass is 9.96. The number of carboxylic acids is 1. The molecule has 0 fully saturated rings. The second-order valence-electron chi connectivity index (χ2n) is 7.47. The number of carbonyl (C=O) groups is 2. The van der Waals surface area contributed by atoms with Gasteiger partial charge in [-0.05, 0) is 32.8 Å². The van der Waals surface area contributed by atoms with Crippen molar-refractivity contribution >= 4 is 17.6 Å². The Morgan fingerprint density at radius 3 is 2.70 bits per heavy atom. The topological polar surface area (TPSA) is 132 Å². The molecule has 30 heavy (non-hydrogen) atoms. The van der Waals surface area contributed by atoms with E-state index in [0.29, 0.717) is 18.5 Å². The molecule has 1 heterocycles. The van der Waals surface area contributed by atoms with Gasteiger partial charge in [-0.3, -0.25) is 9.59 Å². The number of para-hydroxylation sites is 2. The molecule has 160 valence electrons. The minimum Gasteiger partial charge on any atom is -0.595 e. The normalized spacial score (nSPS) is 19.1. The van der Waals surface area contributed by atoms with Crippen LogP contribution in [0.5, 0.6) is 0 Å². The number of carboxylic acid groups (broad SMARTS) is 1. The van der Waals surface area contributed by atoms with E-state index in [1.165, 1.54) is 0 Å². The molecule has 0 spiro atoms. The second kappa shape index (κ2) is 9.21. The van der Waals surface area contributed by atoms with Gasteiger partial charge in [0.05, 0.1) is 5.69 Å². The molecule has 0 saturated carbocycles. The van der Waals surface area contributed by atoms with Crippen molar-refractivity contribution in [3.8, 4) is 5.69 Å². The lowest BCUT2D eigenvalue weighted by Gasteiger charge is -2.17. The zero-order valence-electron chi connectivity index (χ0n) is 17.0. The van der Waals surface area contributed by atoms with Gasteiger partial charge >= 0.3 is 5.97 Å². The Morgan fingerprint density at radius 1 is 1.27 bits per heavy atom. The number of amides is 1. The number of benzene rings is 1. The van der Waals surface area contributed by atoms with Gasteiger partial charge in [-0.1, -0.05) is 24.3 Å². The number of nitrogens with one attached hydrogen (secondary N) is 2. The van der Waals surface area contributed by atoms with Gasteiger partial charge in [0.25, 0.3) is 0 Å². The van der Waals surface area contributed by atoms with Crippen molar-refractivity contribution in [2.75, 3.05) is 0 Å². The Bertz CT molecular complexity index is 966. The molecule has 1 aliphatic rings. The third kappa shape index (κ3) is 4.76. The fourth-order valence-electron chi connectivity index (χ4n) is 3.96. The molecule has 3 rings (SSSR count). The Kier molecular flexibility index (Phi) is 6.66. The standard InChI is InChI=1S/C21H26N4O5/c1-13-21(14(2)24(23-13)17-6-3-4-7-18(17)25(29)30)15-10-11-16(12-15)22-19(26)8-5-9-20(27)28/h3-4,6-7,10-11,15-16,25,29H,5,8-9,12H2,1-2H3,(H,22,26)(H,27,28)/t15-,16+/m0/s1. The summed E-state index contributed by atoms with van der Waals surface area (Å²) in [6, 6.07) is 6.63. The van der Waals surface area contributed by atoms with Crippen LogP contribution in [0.1, 0.15) is 48.6 Å². The van der Waals surface area contributed by atoms with Gasteiger partial charge in [0.2, 0.25) is 5.91 Å². The summed E-state index contributed by atoms with van der Waals surface area (Å²) >= 11 is 0. The van der Waals surface area contributed by atoms with Crippen molar-refractivity contribution in [1.29, 1.82) is 0 Å². The van der Waals surface area contributed by atoms with E-state index in [1.807, 2.05) is 26.0 Å². The van der Waals surface area contributed by atoms with E-state index in [-0.39, 0.29) is 36.4 Å². The fourth-order valence-corrected chi connectivity index (χ4v) is 3.96. The Labute approximate surface area is 174 Å². The van der Waals surface area contributed by atoms with Gasteiger partial charge in [-0.15, -0.1) is 0 Å². The first-order valence-corrected chi connectivity index (χ1v) is 9.86. The van der Waals surface area contributed by atoms with Crippen LogP contribution in [0.3, 0.4) is 0 Å². The number of carbonyl (C=O) groups excluding carboxylic acids is 1. The van der Waals surface area contributed by atoms with Gasteiger partial charge < -0.3 is 15.6 Å². The maximum atomic E-state index is 12.0. The largest absolute Gasteiger partial charge is 0.595 e. The molecule has 1 unspecified atom stereocenters. The lowest BCUT2D eigenvalue weighted by Crippen LogP contribution is -2.99. The predicted octanol–water partition coefficient (Wildman–Crippen LogP) is 1.68.